The molecule has 0 bridgehead atoms. The minimum Gasteiger partial charge on any atom is -0.379 e. The van der Waals surface area contributed by atoms with Crippen LogP contribution in [0.2, 0.25) is 10.0 Å². The van der Waals surface area contributed by atoms with Crippen LogP contribution in [0.4, 0.5) is 4.39 Å². The number of hydrogen-bond acceptors (Lipinski definition) is 6. The number of hydrogen-bond donors (Lipinski definition) is 1. The molecule has 0 atom stereocenters. The zero-order valence-corrected chi connectivity index (χ0v) is 24.4. The van der Waals surface area contributed by atoms with E-state index in [-0.39, 0.29) is 25.2 Å². The van der Waals surface area contributed by atoms with Gasteiger partial charge in [-0.25, -0.2) is 4.39 Å². The van der Waals surface area contributed by atoms with E-state index in [9.17, 15) is 9.18 Å². The maximum atomic E-state index is 14.7. The van der Waals surface area contributed by atoms with E-state index in [0.29, 0.717) is 35.7 Å². The Kier molecular flexibility index (Phi) is 11.9. The van der Waals surface area contributed by atoms with E-state index >= 15 is 0 Å². The highest BCUT2D eigenvalue weighted by Gasteiger charge is 2.30. The van der Waals surface area contributed by atoms with Gasteiger partial charge in [-0.2, -0.15) is 13.5 Å². The monoisotopic (exact) mass is 589 g/mol. The van der Waals surface area contributed by atoms with Gasteiger partial charge in [0.1, 0.15) is 18.0 Å². The van der Waals surface area contributed by atoms with Crippen molar-refractivity contribution >= 4 is 54.8 Å². The average molecular weight is 591 g/mol. The lowest BCUT2D eigenvalue weighted by molar-refractivity contribution is 0.0340. The van der Waals surface area contributed by atoms with Crippen molar-refractivity contribution in [2.45, 2.75) is 51.2 Å². The molecule has 1 saturated heterocycles. The highest BCUT2D eigenvalue weighted by molar-refractivity contribution is 7.92. The third-order valence-electron chi connectivity index (χ3n) is 6.14. The number of benzene rings is 2. The van der Waals surface area contributed by atoms with Gasteiger partial charge in [-0.1, -0.05) is 29.3 Å². The number of rotatable bonds is 8. The molecule has 2 saturated carbocycles. The largest absolute Gasteiger partial charge is 0.379 e. The normalized spacial score (nSPS) is 17.6. The van der Waals surface area contributed by atoms with Crippen LogP contribution >= 0.6 is 48.9 Å². The molecule has 1 N–H and O–H groups in total. The first-order valence-electron chi connectivity index (χ1n) is 12.2. The van der Waals surface area contributed by atoms with Gasteiger partial charge in [0.05, 0.1) is 34.9 Å². The van der Waals surface area contributed by atoms with Crippen molar-refractivity contribution in [2.75, 3.05) is 33.4 Å². The highest BCUT2D eigenvalue weighted by Crippen LogP contribution is 2.42. The van der Waals surface area contributed by atoms with Gasteiger partial charge in [-0.3, -0.25) is 19.3 Å². The number of carbonyl (C=O) groups excluding carboxylic acids is 1. The number of nitrogens with zero attached hydrogens (tertiary/aromatic N) is 2. The number of halogens is 3. The van der Waals surface area contributed by atoms with Crippen LogP contribution in [0, 0.1) is 12.7 Å². The summed E-state index contributed by atoms with van der Waals surface area (Å²) in [6, 6.07) is 8.85. The van der Waals surface area contributed by atoms with Crippen molar-refractivity contribution in [3.63, 3.8) is 0 Å². The van der Waals surface area contributed by atoms with Gasteiger partial charge in [0, 0.05) is 26.7 Å². The van der Waals surface area contributed by atoms with Crippen LogP contribution in [0.5, 0.6) is 0 Å². The fraction of sp³-hybridized carbons (Fsp3) is 0.500. The van der Waals surface area contributed by atoms with Gasteiger partial charge >= 0.3 is 0 Å². The second-order valence-electron chi connectivity index (χ2n) is 9.42. The third-order valence-corrected chi connectivity index (χ3v) is 7.55. The number of carbonyl (C=O) groups is 1. The van der Waals surface area contributed by atoms with E-state index < -0.39 is 11.7 Å². The Balaban J connectivity index is 0.000000324. The molecule has 2 aromatic rings. The first-order chi connectivity index (χ1) is 17.3. The third kappa shape index (κ3) is 9.58. The fourth-order valence-electron chi connectivity index (χ4n) is 3.83. The van der Waals surface area contributed by atoms with Crippen molar-refractivity contribution in [3.8, 4) is 0 Å². The van der Waals surface area contributed by atoms with E-state index in [1.165, 1.54) is 4.41 Å². The van der Waals surface area contributed by atoms with Crippen molar-refractivity contribution in [3.05, 3.63) is 68.4 Å². The minimum atomic E-state index is -0.471. The Morgan fingerprint density at radius 3 is 2.46 bits per heavy atom. The fourth-order valence-corrected chi connectivity index (χ4v) is 4.75. The molecule has 6 nitrogen and oxygen atoms in total. The average Bonchev–Trinajstić information content (AvgIpc) is 3.76. The maximum absolute atomic E-state index is 14.7. The van der Waals surface area contributed by atoms with Gasteiger partial charge in [-0.05, 0) is 79.5 Å². The summed E-state index contributed by atoms with van der Waals surface area (Å²) in [6.45, 7) is 5.83. The summed E-state index contributed by atoms with van der Waals surface area (Å²) in [6.07, 6.45) is 4.59. The molecule has 1 heterocycles. The summed E-state index contributed by atoms with van der Waals surface area (Å²) >= 11 is 12.4. The van der Waals surface area contributed by atoms with Crippen LogP contribution in [-0.2, 0) is 15.5 Å². The molecule has 11 heteroatoms. The van der Waals surface area contributed by atoms with Crippen LogP contribution < -0.4 is 5.43 Å². The number of morpholine rings is 1. The molecule has 0 aromatic heterocycles. The van der Waals surface area contributed by atoms with Crippen LogP contribution in [0.15, 0.2) is 30.3 Å². The van der Waals surface area contributed by atoms with Crippen LogP contribution in [-0.4, -0.2) is 54.7 Å². The van der Waals surface area contributed by atoms with E-state index in [1.54, 1.807) is 25.2 Å². The number of hydrazine groups is 1. The second kappa shape index (κ2) is 14.4. The first-order valence-corrected chi connectivity index (χ1v) is 13.7. The summed E-state index contributed by atoms with van der Waals surface area (Å²) in [5.41, 5.74) is 6.00. The van der Waals surface area contributed by atoms with E-state index in [1.807, 2.05) is 19.1 Å². The molecule has 0 unspecified atom stereocenters. The van der Waals surface area contributed by atoms with Gasteiger partial charge in [-0.15, -0.1) is 4.41 Å². The predicted molar refractivity (Wildman–Crippen MR) is 153 cm³/mol. The molecule has 204 valence electrons. The molecule has 5 rings (SSSR count). The smallest absolute Gasteiger partial charge is 0.269 e. The maximum Gasteiger partial charge on any atom is 0.269 e. The molecule has 0 spiro atoms. The Morgan fingerprint density at radius 1 is 1.16 bits per heavy atom. The van der Waals surface area contributed by atoms with Crippen molar-refractivity contribution < 1.29 is 18.1 Å². The molecule has 2 aliphatic carbocycles. The van der Waals surface area contributed by atoms with Gasteiger partial charge in [0.2, 0.25) is 0 Å². The molecule has 1 aliphatic heterocycles. The molecule has 2 aromatic carbocycles. The standard InChI is InChI=1S/C19H26FN3O3S.C7H6Cl2.H2S/c1-22(27-26-15-4-5-15)21-19(24)17-11-16(13-2-3-13)14(10-18(17)20)12-23-6-8-25-9-7-23;1-5-2-3-6(8)7(9)4-5;/h10-11,13,15H,2-9,12H2,1H3,(H,21,24);2-4H,1H3;1H2. The lowest BCUT2D eigenvalue weighted by Crippen LogP contribution is -2.36. The molecule has 0 radical (unpaired) electrons. The number of aryl methyl sites for hydroxylation is 1. The highest BCUT2D eigenvalue weighted by atomic mass is 35.5. The summed E-state index contributed by atoms with van der Waals surface area (Å²) in [5.74, 6) is -0.470. The summed E-state index contributed by atoms with van der Waals surface area (Å²) in [5, 5.41) is 1.24. The Hall–Kier alpha value is -1.04. The molecule has 3 aliphatic rings. The van der Waals surface area contributed by atoms with E-state index in [2.05, 4.69) is 10.3 Å². The predicted octanol–water partition coefficient (Wildman–Crippen LogP) is 6.27. The minimum absolute atomic E-state index is 0. The van der Waals surface area contributed by atoms with Crippen LogP contribution in [0.1, 0.15) is 58.6 Å². The van der Waals surface area contributed by atoms with Crippen LogP contribution in [0.3, 0.4) is 0 Å². The summed E-state index contributed by atoms with van der Waals surface area (Å²) in [4.78, 5) is 14.8. The van der Waals surface area contributed by atoms with E-state index in [0.717, 1.165) is 67.7 Å². The summed E-state index contributed by atoms with van der Waals surface area (Å²) < 4.78 is 27.1. The van der Waals surface area contributed by atoms with Crippen molar-refractivity contribution in [1.29, 1.82) is 0 Å². The topological polar surface area (TPSA) is 54.0 Å². The molecule has 1 amide bonds. The molecule has 3 fully saturated rings. The lowest BCUT2D eigenvalue weighted by Gasteiger charge is -2.27. The van der Waals surface area contributed by atoms with Gasteiger partial charge < -0.3 is 4.74 Å². The second-order valence-corrected chi connectivity index (χ2v) is 11.1. The quantitative estimate of drug-likeness (QED) is 0.222. The molecular formula is C26H34Cl2FN3O3S2. The Morgan fingerprint density at radius 2 is 1.86 bits per heavy atom. The molecule has 37 heavy (non-hydrogen) atoms. The SMILES string of the molecule is CN(NC(=O)c1cc(C2CC2)c(CN2CCOCC2)cc1F)SOC1CC1.Cc1ccc(Cl)c(Cl)c1.S. The van der Waals surface area contributed by atoms with Crippen molar-refractivity contribution in [2.24, 2.45) is 0 Å². The molecular weight excluding hydrogens is 556 g/mol. The van der Waals surface area contributed by atoms with E-state index in [4.69, 9.17) is 32.1 Å². The van der Waals surface area contributed by atoms with Crippen molar-refractivity contribution in [1.82, 2.24) is 14.7 Å². The number of nitrogens with one attached hydrogen (secondary N) is 1. The summed E-state index contributed by atoms with van der Waals surface area (Å²) in [7, 11) is 1.69. The Labute approximate surface area is 239 Å². The zero-order valence-electron chi connectivity index (χ0n) is 21.1. The zero-order chi connectivity index (χ0) is 25.7. The first kappa shape index (κ1) is 30.5. The number of amides is 1. The lowest BCUT2D eigenvalue weighted by atomic mass is 9.98. The van der Waals surface area contributed by atoms with Gasteiger partial charge in [0.15, 0.2) is 0 Å². The Bertz CT molecular complexity index is 1070. The van der Waals surface area contributed by atoms with Gasteiger partial charge in [0.25, 0.3) is 5.91 Å². The number of ether oxygens (including phenoxy) is 1. The van der Waals surface area contributed by atoms with Crippen LogP contribution in [0.25, 0.3) is 0 Å².